The summed E-state index contributed by atoms with van der Waals surface area (Å²) < 4.78 is 0. The third-order valence-corrected chi connectivity index (χ3v) is 7.33. The van der Waals surface area contributed by atoms with Crippen molar-refractivity contribution in [3.63, 3.8) is 0 Å². The molecular formula is C38H26N4. The molecule has 0 spiro atoms. The van der Waals surface area contributed by atoms with Gasteiger partial charge in [-0.2, -0.15) is 0 Å². The molecule has 0 bridgehead atoms. The summed E-state index contributed by atoms with van der Waals surface area (Å²) in [5.41, 5.74) is 11.5. The topological polar surface area (TPSA) is 51.6 Å². The zero-order valence-electron chi connectivity index (χ0n) is 22.8. The predicted octanol–water partition coefficient (Wildman–Crippen LogP) is 9.27. The second kappa shape index (κ2) is 11.4. The molecule has 0 aliphatic heterocycles. The van der Waals surface area contributed by atoms with Crippen LogP contribution in [0.15, 0.2) is 158 Å². The highest BCUT2D eigenvalue weighted by molar-refractivity contribution is 5.85. The number of rotatable bonds is 6. The van der Waals surface area contributed by atoms with Crippen LogP contribution >= 0.6 is 0 Å². The highest BCUT2D eigenvalue weighted by Crippen LogP contribution is 2.36. The molecule has 2 aromatic heterocycles. The van der Waals surface area contributed by atoms with Gasteiger partial charge in [-0.15, -0.1) is 0 Å². The Kier molecular flexibility index (Phi) is 6.85. The van der Waals surface area contributed by atoms with Crippen molar-refractivity contribution in [3.05, 3.63) is 158 Å². The van der Waals surface area contributed by atoms with E-state index in [0.29, 0.717) is 5.82 Å². The van der Waals surface area contributed by atoms with Crippen molar-refractivity contribution in [2.75, 3.05) is 0 Å². The molecule has 0 saturated carbocycles. The van der Waals surface area contributed by atoms with Crippen LogP contribution in [0.2, 0.25) is 0 Å². The minimum absolute atomic E-state index is 0.680. The number of hydrogen-bond donors (Lipinski definition) is 0. The van der Waals surface area contributed by atoms with Crippen molar-refractivity contribution in [1.29, 1.82) is 0 Å². The molecule has 42 heavy (non-hydrogen) atoms. The van der Waals surface area contributed by atoms with Gasteiger partial charge in [0.05, 0.1) is 5.69 Å². The molecule has 0 unspecified atom stereocenters. The molecule has 7 rings (SSSR count). The van der Waals surface area contributed by atoms with Gasteiger partial charge in [0.15, 0.2) is 5.82 Å². The molecule has 198 valence electrons. The lowest BCUT2D eigenvalue weighted by Crippen LogP contribution is -1.97. The minimum Gasteiger partial charge on any atom is -0.244 e. The first-order chi connectivity index (χ1) is 20.8. The first-order valence-electron chi connectivity index (χ1n) is 13.9. The SMILES string of the molecule is c1ccc(-c2cccc(-c3ncc(-c4cccc(-c5ccccc5)c4)c(-c4cccc(-c5cncnc5)c4)n3)c2)cc1. The number of aromatic nitrogens is 4. The zero-order valence-corrected chi connectivity index (χ0v) is 22.8. The van der Waals surface area contributed by atoms with E-state index in [2.05, 4.69) is 131 Å². The van der Waals surface area contributed by atoms with Gasteiger partial charge in [-0.3, -0.25) is 0 Å². The molecule has 0 radical (unpaired) electrons. The molecule has 5 aromatic carbocycles. The first-order valence-corrected chi connectivity index (χ1v) is 13.9. The summed E-state index contributed by atoms with van der Waals surface area (Å²) >= 11 is 0. The Morgan fingerprint density at radius 2 is 0.833 bits per heavy atom. The number of hydrogen-bond acceptors (Lipinski definition) is 4. The molecule has 0 amide bonds. The summed E-state index contributed by atoms with van der Waals surface area (Å²) in [7, 11) is 0. The fourth-order valence-corrected chi connectivity index (χ4v) is 5.21. The lowest BCUT2D eigenvalue weighted by atomic mass is 9.95. The zero-order chi connectivity index (χ0) is 28.1. The Labute approximate surface area is 245 Å². The van der Waals surface area contributed by atoms with Gasteiger partial charge >= 0.3 is 0 Å². The van der Waals surface area contributed by atoms with Gasteiger partial charge in [0.1, 0.15) is 6.33 Å². The van der Waals surface area contributed by atoms with Crippen molar-refractivity contribution in [1.82, 2.24) is 19.9 Å². The van der Waals surface area contributed by atoms with Crippen molar-refractivity contribution in [2.45, 2.75) is 0 Å². The van der Waals surface area contributed by atoms with Crippen molar-refractivity contribution < 1.29 is 0 Å². The summed E-state index contributed by atoms with van der Waals surface area (Å²) in [5, 5.41) is 0. The Morgan fingerprint density at radius 3 is 1.48 bits per heavy atom. The van der Waals surface area contributed by atoms with Gasteiger partial charge < -0.3 is 0 Å². The van der Waals surface area contributed by atoms with E-state index >= 15 is 0 Å². The van der Waals surface area contributed by atoms with Crippen LogP contribution < -0.4 is 0 Å². The second-order valence-electron chi connectivity index (χ2n) is 10.1. The van der Waals surface area contributed by atoms with E-state index in [1.807, 2.05) is 30.7 Å². The fourth-order valence-electron chi connectivity index (χ4n) is 5.21. The summed E-state index contributed by atoms with van der Waals surface area (Å²) in [5.74, 6) is 0.680. The molecule has 0 aliphatic carbocycles. The lowest BCUT2D eigenvalue weighted by molar-refractivity contribution is 1.17. The van der Waals surface area contributed by atoms with Gasteiger partial charge in [0, 0.05) is 40.8 Å². The third-order valence-electron chi connectivity index (χ3n) is 7.33. The van der Waals surface area contributed by atoms with E-state index in [4.69, 9.17) is 9.97 Å². The van der Waals surface area contributed by atoms with E-state index < -0.39 is 0 Å². The average Bonchev–Trinajstić information content (AvgIpc) is 3.09. The summed E-state index contributed by atoms with van der Waals surface area (Å²) in [6.07, 6.45) is 7.16. The molecule has 0 N–H and O–H groups in total. The number of nitrogens with zero attached hydrogens (tertiary/aromatic N) is 4. The summed E-state index contributed by atoms with van der Waals surface area (Å²) in [6, 6.07) is 46.2. The normalized spacial score (nSPS) is 10.9. The van der Waals surface area contributed by atoms with Gasteiger partial charge in [0.2, 0.25) is 0 Å². The highest BCUT2D eigenvalue weighted by Gasteiger charge is 2.15. The van der Waals surface area contributed by atoms with Gasteiger partial charge in [-0.1, -0.05) is 115 Å². The Morgan fingerprint density at radius 1 is 0.357 bits per heavy atom. The Hall–Kier alpha value is -5.74. The third kappa shape index (κ3) is 5.21. The van der Waals surface area contributed by atoms with Crippen molar-refractivity contribution >= 4 is 0 Å². The largest absolute Gasteiger partial charge is 0.244 e. The molecule has 0 saturated heterocycles. The molecule has 4 heteroatoms. The van der Waals surface area contributed by atoms with E-state index in [9.17, 15) is 0 Å². The van der Waals surface area contributed by atoms with Gasteiger partial charge in [-0.25, -0.2) is 19.9 Å². The van der Waals surface area contributed by atoms with Crippen LogP contribution in [0.25, 0.3) is 67.2 Å². The van der Waals surface area contributed by atoms with Crippen molar-refractivity contribution in [2.24, 2.45) is 0 Å². The average molecular weight is 539 g/mol. The first kappa shape index (κ1) is 25.2. The highest BCUT2D eigenvalue weighted by atomic mass is 14.9. The Balaban J connectivity index is 1.38. The standard InChI is InChI=1S/C38H26N4/c1-3-10-27(11-4-1)29-14-7-17-32(20-29)36-25-41-38(34-19-9-15-30(22-34)28-12-5-2-6-13-28)42-37(36)33-18-8-16-31(21-33)35-23-39-26-40-24-35/h1-26H. The van der Waals surface area contributed by atoms with Crippen LogP contribution in [0.4, 0.5) is 0 Å². The predicted molar refractivity (Wildman–Crippen MR) is 170 cm³/mol. The van der Waals surface area contributed by atoms with Crippen LogP contribution in [0.5, 0.6) is 0 Å². The molecular weight excluding hydrogens is 512 g/mol. The van der Waals surface area contributed by atoms with Crippen LogP contribution in [0.1, 0.15) is 0 Å². The van der Waals surface area contributed by atoms with Crippen LogP contribution in [-0.2, 0) is 0 Å². The maximum absolute atomic E-state index is 5.22. The number of benzene rings is 5. The molecule has 2 heterocycles. The smallest absolute Gasteiger partial charge is 0.159 e. The van der Waals surface area contributed by atoms with Crippen LogP contribution in [0, 0.1) is 0 Å². The quantitative estimate of drug-likeness (QED) is 0.212. The van der Waals surface area contributed by atoms with Gasteiger partial charge in [-0.05, 0) is 51.6 Å². The van der Waals surface area contributed by atoms with E-state index in [1.54, 1.807) is 6.33 Å². The maximum atomic E-state index is 5.22. The summed E-state index contributed by atoms with van der Waals surface area (Å²) in [6.45, 7) is 0. The fraction of sp³-hybridized carbons (Fsp3) is 0. The van der Waals surface area contributed by atoms with Crippen LogP contribution in [0.3, 0.4) is 0 Å². The summed E-state index contributed by atoms with van der Waals surface area (Å²) in [4.78, 5) is 18.6. The lowest BCUT2D eigenvalue weighted by Gasteiger charge is -2.14. The maximum Gasteiger partial charge on any atom is 0.159 e. The van der Waals surface area contributed by atoms with Crippen LogP contribution in [-0.4, -0.2) is 19.9 Å². The Bertz CT molecular complexity index is 1970. The molecule has 0 atom stereocenters. The molecule has 0 fully saturated rings. The molecule has 4 nitrogen and oxygen atoms in total. The minimum atomic E-state index is 0.680. The molecule has 7 aromatic rings. The van der Waals surface area contributed by atoms with E-state index in [1.165, 1.54) is 5.56 Å². The van der Waals surface area contributed by atoms with E-state index in [0.717, 1.165) is 55.8 Å². The van der Waals surface area contributed by atoms with Gasteiger partial charge in [0.25, 0.3) is 0 Å². The van der Waals surface area contributed by atoms with Crippen molar-refractivity contribution in [3.8, 4) is 67.2 Å². The van der Waals surface area contributed by atoms with E-state index in [-0.39, 0.29) is 0 Å². The monoisotopic (exact) mass is 538 g/mol. The second-order valence-corrected chi connectivity index (χ2v) is 10.1. The molecule has 0 aliphatic rings.